The van der Waals surface area contributed by atoms with Crippen LogP contribution in [0.25, 0.3) is 110 Å². The summed E-state index contributed by atoms with van der Waals surface area (Å²) in [5.41, 5.74) is 10.8. The second-order valence-electron chi connectivity index (χ2n) is 13.2. The van der Waals surface area contributed by atoms with E-state index in [1.165, 1.54) is 60.1 Å². The van der Waals surface area contributed by atoms with Crippen LogP contribution in [-0.4, -0.2) is 0 Å². The largest absolute Gasteiger partial charge is 0.456 e. The van der Waals surface area contributed by atoms with Crippen LogP contribution in [0.2, 0.25) is 0 Å². The summed E-state index contributed by atoms with van der Waals surface area (Å²) in [6.07, 6.45) is 0. The smallest absolute Gasteiger partial charge is 0.136 e. The van der Waals surface area contributed by atoms with Crippen molar-refractivity contribution < 1.29 is 8.83 Å². The molecule has 0 amide bonds. The number of benzene rings is 9. The molecule has 50 heavy (non-hydrogen) atoms. The van der Waals surface area contributed by atoms with Crippen molar-refractivity contribution >= 4 is 76.2 Å². The van der Waals surface area contributed by atoms with E-state index in [9.17, 15) is 0 Å². The van der Waals surface area contributed by atoms with E-state index < -0.39 is 0 Å². The molecule has 0 bridgehead atoms. The summed E-state index contributed by atoms with van der Waals surface area (Å²) < 4.78 is 12.8. The zero-order chi connectivity index (χ0) is 32.8. The van der Waals surface area contributed by atoms with Crippen molar-refractivity contribution in [3.05, 3.63) is 170 Å². The molecule has 0 radical (unpaired) electrons. The van der Waals surface area contributed by atoms with Crippen LogP contribution < -0.4 is 0 Å². The van der Waals surface area contributed by atoms with Crippen LogP contribution in [-0.2, 0) is 0 Å². The van der Waals surface area contributed by atoms with E-state index >= 15 is 0 Å². The highest BCUT2D eigenvalue weighted by Crippen LogP contribution is 2.46. The summed E-state index contributed by atoms with van der Waals surface area (Å²) in [5.74, 6) is 0. The topological polar surface area (TPSA) is 26.3 Å². The Balaban J connectivity index is 1.15. The lowest BCUT2D eigenvalue weighted by molar-refractivity contribution is 0.663. The molecule has 2 aromatic heterocycles. The predicted molar refractivity (Wildman–Crippen MR) is 210 cm³/mol. The maximum absolute atomic E-state index is 6.60. The zero-order valence-electron chi connectivity index (χ0n) is 27.0. The molecule has 11 rings (SSSR count). The van der Waals surface area contributed by atoms with Gasteiger partial charge in [0.05, 0.1) is 0 Å². The Kier molecular flexibility index (Phi) is 5.70. The standard InChI is InChI=1S/C48H28O2/c1-2-15-33-29(11-1)12-10-21-34(33)30-13-9-14-31(27-30)45-35-16-3-5-18-37(35)46(38-19-6-4-17-36(38)45)32-23-24-40-44(28-32)50-43-26-25-42-47(48(40)43)39-20-7-8-22-41(39)49-42/h1-28H. The van der Waals surface area contributed by atoms with E-state index in [2.05, 4.69) is 146 Å². The molecule has 0 fully saturated rings. The molecule has 232 valence electrons. The molecule has 2 nitrogen and oxygen atoms in total. The average Bonchev–Trinajstić information content (AvgIpc) is 3.74. The maximum Gasteiger partial charge on any atom is 0.136 e. The number of hydrogen-bond acceptors (Lipinski definition) is 2. The summed E-state index contributed by atoms with van der Waals surface area (Å²) in [6, 6.07) is 60.9. The van der Waals surface area contributed by atoms with Gasteiger partial charge in [-0.2, -0.15) is 0 Å². The molecule has 9 aromatic carbocycles. The van der Waals surface area contributed by atoms with Gasteiger partial charge < -0.3 is 8.83 Å². The SMILES string of the molecule is c1cc(-c2cccc3ccccc23)cc(-c2c3ccccc3c(-c3ccc4c(c3)oc3ccc5oc6ccccc6c5c34)c3ccccc23)c1. The first kappa shape index (κ1) is 27.3. The van der Waals surface area contributed by atoms with Crippen LogP contribution >= 0.6 is 0 Å². The first-order valence-corrected chi connectivity index (χ1v) is 17.1. The Morgan fingerprint density at radius 1 is 0.280 bits per heavy atom. The number of furan rings is 2. The van der Waals surface area contributed by atoms with Gasteiger partial charge in [0.2, 0.25) is 0 Å². The van der Waals surface area contributed by atoms with Crippen molar-refractivity contribution in [2.45, 2.75) is 0 Å². The van der Waals surface area contributed by atoms with Crippen molar-refractivity contribution in [2.24, 2.45) is 0 Å². The van der Waals surface area contributed by atoms with Gasteiger partial charge in [-0.05, 0) is 102 Å². The second-order valence-corrected chi connectivity index (χ2v) is 13.2. The first-order chi connectivity index (χ1) is 24.8. The Morgan fingerprint density at radius 3 is 1.48 bits per heavy atom. The maximum atomic E-state index is 6.60. The average molecular weight is 637 g/mol. The lowest BCUT2D eigenvalue weighted by atomic mass is 9.85. The van der Waals surface area contributed by atoms with Crippen LogP contribution in [0.5, 0.6) is 0 Å². The van der Waals surface area contributed by atoms with Crippen molar-refractivity contribution in [1.29, 1.82) is 0 Å². The van der Waals surface area contributed by atoms with Crippen LogP contribution in [0, 0.1) is 0 Å². The highest BCUT2D eigenvalue weighted by atomic mass is 16.3. The Bertz CT molecular complexity index is 3090. The molecule has 11 aromatic rings. The van der Waals surface area contributed by atoms with E-state index in [1.807, 2.05) is 24.3 Å². The highest BCUT2D eigenvalue weighted by molar-refractivity contribution is 6.27. The van der Waals surface area contributed by atoms with Gasteiger partial charge in [0.25, 0.3) is 0 Å². The Morgan fingerprint density at radius 2 is 0.780 bits per heavy atom. The molecular formula is C48H28O2. The van der Waals surface area contributed by atoms with E-state index in [-0.39, 0.29) is 0 Å². The minimum absolute atomic E-state index is 0.868. The van der Waals surface area contributed by atoms with Crippen molar-refractivity contribution in [1.82, 2.24) is 0 Å². The molecule has 0 aliphatic rings. The van der Waals surface area contributed by atoms with E-state index in [1.54, 1.807) is 0 Å². The second kappa shape index (κ2) is 10.4. The Labute approximate surface area is 287 Å². The molecular weight excluding hydrogens is 609 g/mol. The van der Waals surface area contributed by atoms with Gasteiger partial charge in [-0.3, -0.25) is 0 Å². The van der Waals surface area contributed by atoms with Crippen molar-refractivity contribution in [3.63, 3.8) is 0 Å². The first-order valence-electron chi connectivity index (χ1n) is 17.1. The summed E-state index contributed by atoms with van der Waals surface area (Å²) >= 11 is 0. The normalized spacial score (nSPS) is 12.0. The highest BCUT2D eigenvalue weighted by Gasteiger charge is 2.20. The molecule has 0 saturated carbocycles. The van der Waals surface area contributed by atoms with Gasteiger partial charge >= 0.3 is 0 Å². The molecule has 0 N–H and O–H groups in total. The zero-order valence-corrected chi connectivity index (χ0v) is 27.0. The third-order valence-corrected chi connectivity index (χ3v) is 10.4. The number of rotatable bonds is 3. The molecule has 2 heterocycles. The fourth-order valence-corrected chi connectivity index (χ4v) is 8.31. The van der Waals surface area contributed by atoms with E-state index in [4.69, 9.17) is 8.83 Å². The van der Waals surface area contributed by atoms with Crippen LogP contribution in [0.1, 0.15) is 0 Å². The summed E-state index contributed by atoms with van der Waals surface area (Å²) in [7, 11) is 0. The summed E-state index contributed by atoms with van der Waals surface area (Å²) in [5, 5.41) is 11.8. The minimum Gasteiger partial charge on any atom is -0.456 e. The van der Waals surface area contributed by atoms with E-state index in [0.717, 1.165) is 49.4 Å². The van der Waals surface area contributed by atoms with Gasteiger partial charge in [0, 0.05) is 21.5 Å². The van der Waals surface area contributed by atoms with Gasteiger partial charge in [-0.1, -0.05) is 133 Å². The Hall–Kier alpha value is -6.64. The third-order valence-electron chi connectivity index (χ3n) is 10.4. The molecule has 0 unspecified atom stereocenters. The van der Waals surface area contributed by atoms with Gasteiger partial charge in [-0.25, -0.2) is 0 Å². The van der Waals surface area contributed by atoms with Gasteiger partial charge in [0.1, 0.15) is 22.3 Å². The number of hydrogen-bond donors (Lipinski definition) is 0. The molecule has 0 spiro atoms. The molecule has 0 saturated heterocycles. The van der Waals surface area contributed by atoms with Crippen molar-refractivity contribution in [2.75, 3.05) is 0 Å². The predicted octanol–water partition coefficient (Wildman–Crippen LogP) is 13.9. The third kappa shape index (κ3) is 3.90. The number of para-hydroxylation sites is 1. The fraction of sp³-hybridized carbons (Fsp3) is 0. The monoisotopic (exact) mass is 636 g/mol. The van der Waals surface area contributed by atoms with Crippen LogP contribution in [0.3, 0.4) is 0 Å². The minimum atomic E-state index is 0.868. The molecule has 0 aliphatic carbocycles. The summed E-state index contributed by atoms with van der Waals surface area (Å²) in [4.78, 5) is 0. The van der Waals surface area contributed by atoms with Crippen LogP contribution in [0.4, 0.5) is 0 Å². The van der Waals surface area contributed by atoms with E-state index in [0.29, 0.717) is 0 Å². The van der Waals surface area contributed by atoms with Crippen molar-refractivity contribution in [3.8, 4) is 33.4 Å². The fourth-order valence-electron chi connectivity index (χ4n) is 8.31. The lowest BCUT2D eigenvalue weighted by Gasteiger charge is -2.18. The van der Waals surface area contributed by atoms with Gasteiger partial charge in [-0.15, -0.1) is 0 Å². The van der Waals surface area contributed by atoms with Gasteiger partial charge in [0.15, 0.2) is 0 Å². The molecule has 2 heteroatoms. The molecule has 0 aliphatic heterocycles. The summed E-state index contributed by atoms with van der Waals surface area (Å²) in [6.45, 7) is 0. The van der Waals surface area contributed by atoms with Crippen LogP contribution in [0.15, 0.2) is 179 Å². The quantitative estimate of drug-likeness (QED) is 0.180. The number of fused-ring (bicyclic) bond motifs is 10. The molecule has 0 atom stereocenters. The lowest BCUT2D eigenvalue weighted by Crippen LogP contribution is -1.91.